The molecule has 0 fully saturated rings. The first-order chi connectivity index (χ1) is 9.21. The van der Waals surface area contributed by atoms with Crippen molar-refractivity contribution >= 4 is 12.2 Å². The standard InChI is InChI=1S/C13H10F4N2S/c1-6-7(2)12(20)19-18-11(6)8-3-4-10(14)9(5-8)13(15,16)17/h3-5H,1-2H3,(H,19,20). The lowest BCUT2D eigenvalue weighted by atomic mass is 10.0. The Morgan fingerprint density at radius 1 is 1.15 bits per heavy atom. The minimum absolute atomic E-state index is 0.186. The summed E-state index contributed by atoms with van der Waals surface area (Å²) in [4.78, 5) is 0. The molecule has 2 aromatic rings. The number of aromatic nitrogens is 2. The number of halogens is 4. The number of aromatic amines is 1. The van der Waals surface area contributed by atoms with Crippen molar-refractivity contribution in [2.75, 3.05) is 0 Å². The van der Waals surface area contributed by atoms with E-state index in [-0.39, 0.29) is 5.56 Å². The maximum Gasteiger partial charge on any atom is 0.419 e. The van der Waals surface area contributed by atoms with E-state index in [2.05, 4.69) is 10.2 Å². The Morgan fingerprint density at radius 2 is 1.80 bits per heavy atom. The Balaban J connectivity index is 2.66. The summed E-state index contributed by atoms with van der Waals surface area (Å²) >= 11 is 5.00. The smallest absolute Gasteiger partial charge is 0.267 e. The fourth-order valence-corrected chi connectivity index (χ4v) is 1.99. The van der Waals surface area contributed by atoms with Crippen LogP contribution >= 0.6 is 12.2 Å². The first-order valence-corrected chi connectivity index (χ1v) is 6.05. The van der Waals surface area contributed by atoms with E-state index in [0.29, 0.717) is 15.9 Å². The third-order valence-corrected chi connectivity index (χ3v) is 3.47. The number of nitrogens with zero attached hydrogens (tertiary/aromatic N) is 1. The number of rotatable bonds is 1. The molecular formula is C13H10F4N2S. The van der Waals surface area contributed by atoms with Gasteiger partial charge < -0.3 is 0 Å². The lowest BCUT2D eigenvalue weighted by Gasteiger charge is -2.12. The van der Waals surface area contributed by atoms with Gasteiger partial charge in [-0.25, -0.2) is 4.39 Å². The lowest BCUT2D eigenvalue weighted by molar-refractivity contribution is -0.139. The molecule has 20 heavy (non-hydrogen) atoms. The van der Waals surface area contributed by atoms with E-state index in [1.807, 2.05) is 0 Å². The van der Waals surface area contributed by atoms with Crippen LogP contribution in [0.3, 0.4) is 0 Å². The highest BCUT2D eigenvalue weighted by atomic mass is 32.1. The summed E-state index contributed by atoms with van der Waals surface area (Å²) in [6, 6.07) is 2.80. The Kier molecular flexibility index (Phi) is 3.64. The molecule has 7 heteroatoms. The van der Waals surface area contributed by atoms with Crippen molar-refractivity contribution in [3.8, 4) is 11.3 Å². The minimum atomic E-state index is -4.75. The molecule has 2 rings (SSSR count). The van der Waals surface area contributed by atoms with Gasteiger partial charge in [-0.15, -0.1) is 0 Å². The van der Waals surface area contributed by atoms with Crippen molar-refractivity contribution < 1.29 is 17.6 Å². The first kappa shape index (κ1) is 14.6. The predicted molar refractivity (Wildman–Crippen MR) is 69.3 cm³/mol. The number of hydrogen-bond donors (Lipinski definition) is 1. The molecule has 1 N–H and O–H groups in total. The van der Waals surface area contributed by atoms with Gasteiger partial charge in [0, 0.05) is 5.56 Å². The van der Waals surface area contributed by atoms with Crippen molar-refractivity contribution in [2.45, 2.75) is 20.0 Å². The molecule has 1 aromatic carbocycles. The van der Waals surface area contributed by atoms with Gasteiger partial charge in [0.05, 0.1) is 11.3 Å². The van der Waals surface area contributed by atoms with E-state index >= 15 is 0 Å². The number of H-pyrrole nitrogens is 1. The highest BCUT2D eigenvalue weighted by Crippen LogP contribution is 2.34. The molecule has 0 radical (unpaired) electrons. The molecule has 0 aliphatic rings. The van der Waals surface area contributed by atoms with E-state index < -0.39 is 17.6 Å². The highest BCUT2D eigenvalue weighted by Gasteiger charge is 2.34. The van der Waals surface area contributed by atoms with Gasteiger partial charge in [-0.3, -0.25) is 5.10 Å². The molecule has 0 saturated carbocycles. The van der Waals surface area contributed by atoms with Crippen LogP contribution in [-0.2, 0) is 6.18 Å². The van der Waals surface area contributed by atoms with Gasteiger partial charge in [-0.05, 0) is 43.2 Å². The molecule has 0 aliphatic heterocycles. The molecule has 2 nitrogen and oxygen atoms in total. The maximum atomic E-state index is 13.3. The predicted octanol–water partition coefficient (Wildman–Crippen LogP) is 4.58. The molecule has 0 amide bonds. The van der Waals surface area contributed by atoms with Gasteiger partial charge in [-0.1, -0.05) is 12.2 Å². The first-order valence-electron chi connectivity index (χ1n) is 5.65. The van der Waals surface area contributed by atoms with Gasteiger partial charge in [0.1, 0.15) is 10.5 Å². The van der Waals surface area contributed by atoms with E-state index in [1.165, 1.54) is 6.07 Å². The van der Waals surface area contributed by atoms with Crippen LogP contribution in [0.15, 0.2) is 18.2 Å². The fourth-order valence-electron chi connectivity index (χ4n) is 1.79. The maximum absolute atomic E-state index is 13.3. The van der Waals surface area contributed by atoms with Crippen molar-refractivity contribution in [2.24, 2.45) is 0 Å². The van der Waals surface area contributed by atoms with Crippen LogP contribution in [0.1, 0.15) is 16.7 Å². The number of benzene rings is 1. The molecule has 1 aromatic heterocycles. The molecular weight excluding hydrogens is 292 g/mol. The van der Waals surface area contributed by atoms with Crippen molar-refractivity contribution in [1.29, 1.82) is 0 Å². The number of alkyl halides is 3. The molecule has 1 heterocycles. The molecule has 0 atom stereocenters. The van der Waals surface area contributed by atoms with Crippen LogP contribution in [0.5, 0.6) is 0 Å². The minimum Gasteiger partial charge on any atom is -0.267 e. The zero-order valence-electron chi connectivity index (χ0n) is 10.6. The van der Waals surface area contributed by atoms with Crippen molar-refractivity contribution in [3.63, 3.8) is 0 Å². The van der Waals surface area contributed by atoms with E-state index in [0.717, 1.165) is 17.7 Å². The number of nitrogens with one attached hydrogen (secondary N) is 1. The summed E-state index contributed by atoms with van der Waals surface area (Å²) in [5.74, 6) is -1.31. The Labute approximate surface area is 117 Å². The summed E-state index contributed by atoms with van der Waals surface area (Å²) in [7, 11) is 0. The van der Waals surface area contributed by atoms with Gasteiger partial charge in [0.2, 0.25) is 0 Å². The summed E-state index contributed by atoms with van der Waals surface area (Å²) in [5.41, 5.74) is 0.583. The van der Waals surface area contributed by atoms with E-state index in [1.54, 1.807) is 13.8 Å². The van der Waals surface area contributed by atoms with Gasteiger partial charge in [0.15, 0.2) is 0 Å². The van der Waals surface area contributed by atoms with Crippen LogP contribution in [0.4, 0.5) is 17.6 Å². The van der Waals surface area contributed by atoms with E-state index in [4.69, 9.17) is 12.2 Å². The van der Waals surface area contributed by atoms with Crippen molar-refractivity contribution in [3.05, 3.63) is 45.3 Å². The summed E-state index contributed by atoms with van der Waals surface area (Å²) in [5, 5.41) is 6.51. The van der Waals surface area contributed by atoms with Crippen LogP contribution in [0.2, 0.25) is 0 Å². The summed E-state index contributed by atoms with van der Waals surface area (Å²) in [6.45, 7) is 3.45. The Hall–Kier alpha value is -1.76. The summed E-state index contributed by atoms with van der Waals surface area (Å²) in [6.07, 6.45) is -4.75. The Bertz CT molecular complexity index is 719. The molecule has 0 spiro atoms. The second-order valence-electron chi connectivity index (χ2n) is 4.34. The van der Waals surface area contributed by atoms with Crippen molar-refractivity contribution in [1.82, 2.24) is 10.2 Å². The average molecular weight is 302 g/mol. The molecule has 0 unspecified atom stereocenters. The fraction of sp³-hybridized carbons (Fsp3) is 0.231. The number of hydrogen-bond acceptors (Lipinski definition) is 2. The second kappa shape index (κ2) is 4.97. The Morgan fingerprint density at radius 3 is 2.40 bits per heavy atom. The van der Waals surface area contributed by atoms with Crippen LogP contribution < -0.4 is 0 Å². The topological polar surface area (TPSA) is 28.7 Å². The largest absolute Gasteiger partial charge is 0.419 e. The zero-order valence-corrected chi connectivity index (χ0v) is 11.4. The van der Waals surface area contributed by atoms with Gasteiger partial charge in [-0.2, -0.15) is 18.3 Å². The van der Waals surface area contributed by atoms with Gasteiger partial charge >= 0.3 is 6.18 Å². The second-order valence-corrected chi connectivity index (χ2v) is 4.75. The SMILES string of the molecule is Cc1c(-c2ccc(F)c(C(F)(F)F)c2)n[nH]c(=S)c1C. The monoisotopic (exact) mass is 302 g/mol. The normalized spacial score (nSPS) is 11.7. The third kappa shape index (κ3) is 2.58. The molecule has 0 saturated heterocycles. The van der Waals surface area contributed by atoms with Gasteiger partial charge in [0.25, 0.3) is 0 Å². The third-order valence-electron chi connectivity index (χ3n) is 3.07. The van der Waals surface area contributed by atoms with Crippen LogP contribution in [0, 0.1) is 24.3 Å². The highest BCUT2D eigenvalue weighted by molar-refractivity contribution is 7.71. The molecule has 0 aliphatic carbocycles. The lowest BCUT2D eigenvalue weighted by Crippen LogP contribution is -2.08. The van der Waals surface area contributed by atoms with Crippen LogP contribution in [-0.4, -0.2) is 10.2 Å². The quantitative estimate of drug-likeness (QED) is 0.617. The zero-order chi connectivity index (χ0) is 15.1. The van der Waals surface area contributed by atoms with E-state index in [9.17, 15) is 17.6 Å². The average Bonchev–Trinajstić information content (AvgIpc) is 2.36. The molecule has 106 valence electrons. The summed E-state index contributed by atoms with van der Waals surface area (Å²) < 4.78 is 51.8. The van der Waals surface area contributed by atoms with Crippen LogP contribution in [0.25, 0.3) is 11.3 Å². The molecule has 0 bridgehead atoms.